The molecule has 1 unspecified atom stereocenters. The Morgan fingerprint density at radius 1 is 1.18 bits per heavy atom. The SMILES string of the molecule is CCCCC(CC)NCC1(CO)CCCCC1. The van der Waals surface area contributed by atoms with E-state index in [-0.39, 0.29) is 5.41 Å². The fourth-order valence-electron chi connectivity index (χ4n) is 2.95. The van der Waals surface area contributed by atoms with Crippen LogP contribution in [-0.2, 0) is 0 Å². The van der Waals surface area contributed by atoms with E-state index in [1.54, 1.807) is 0 Å². The Bertz CT molecular complexity index is 187. The summed E-state index contributed by atoms with van der Waals surface area (Å²) in [6.45, 7) is 5.90. The number of aliphatic hydroxyl groups is 1. The predicted molar refractivity (Wildman–Crippen MR) is 74.2 cm³/mol. The van der Waals surface area contributed by atoms with E-state index in [1.807, 2.05) is 0 Å². The van der Waals surface area contributed by atoms with Crippen molar-refractivity contribution in [3.8, 4) is 0 Å². The van der Waals surface area contributed by atoms with E-state index < -0.39 is 0 Å². The topological polar surface area (TPSA) is 32.3 Å². The van der Waals surface area contributed by atoms with E-state index in [0.717, 1.165) is 6.54 Å². The summed E-state index contributed by atoms with van der Waals surface area (Å²) in [5.41, 5.74) is 0.192. The van der Waals surface area contributed by atoms with Crippen molar-refractivity contribution in [1.82, 2.24) is 5.32 Å². The smallest absolute Gasteiger partial charge is 0.0499 e. The van der Waals surface area contributed by atoms with Gasteiger partial charge in [0.05, 0.1) is 0 Å². The van der Waals surface area contributed by atoms with Crippen molar-refractivity contribution in [1.29, 1.82) is 0 Å². The molecule has 1 atom stereocenters. The van der Waals surface area contributed by atoms with Gasteiger partial charge in [-0.3, -0.25) is 0 Å². The zero-order chi connectivity index (χ0) is 12.6. The van der Waals surface area contributed by atoms with Crippen LogP contribution in [0.1, 0.15) is 71.6 Å². The van der Waals surface area contributed by atoms with E-state index in [2.05, 4.69) is 19.2 Å². The van der Waals surface area contributed by atoms with Gasteiger partial charge in [-0.1, -0.05) is 46.0 Å². The van der Waals surface area contributed by atoms with Crippen LogP contribution >= 0.6 is 0 Å². The minimum absolute atomic E-state index is 0.192. The van der Waals surface area contributed by atoms with Crippen LogP contribution in [0.4, 0.5) is 0 Å². The minimum atomic E-state index is 0.192. The van der Waals surface area contributed by atoms with Gasteiger partial charge in [0.15, 0.2) is 0 Å². The summed E-state index contributed by atoms with van der Waals surface area (Å²) >= 11 is 0. The maximum absolute atomic E-state index is 9.66. The van der Waals surface area contributed by atoms with Crippen LogP contribution < -0.4 is 5.32 Å². The zero-order valence-electron chi connectivity index (χ0n) is 11.8. The Morgan fingerprint density at radius 2 is 1.88 bits per heavy atom. The van der Waals surface area contributed by atoms with Crippen LogP contribution in [0.25, 0.3) is 0 Å². The van der Waals surface area contributed by atoms with E-state index in [4.69, 9.17) is 0 Å². The quantitative estimate of drug-likeness (QED) is 0.682. The lowest BCUT2D eigenvalue weighted by molar-refractivity contribution is 0.0776. The highest BCUT2D eigenvalue weighted by molar-refractivity contribution is 4.85. The molecule has 0 aliphatic heterocycles. The first kappa shape index (κ1) is 15.0. The molecule has 0 aromatic rings. The standard InChI is InChI=1S/C15H31NO/c1-3-5-9-14(4-2)16-12-15(13-17)10-7-6-8-11-15/h14,16-17H,3-13H2,1-2H3. The summed E-state index contributed by atoms with van der Waals surface area (Å²) < 4.78 is 0. The van der Waals surface area contributed by atoms with Gasteiger partial charge in [-0.25, -0.2) is 0 Å². The Labute approximate surface area is 107 Å². The molecule has 1 aliphatic rings. The Kier molecular flexibility index (Phi) is 7.14. The first-order valence-electron chi connectivity index (χ1n) is 7.60. The van der Waals surface area contributed by atoms with Gasteiger partial charge in [-0.15, -0.1) is 0 Å². The molecule has 0 bridgehead atoms. The molecule has 2 nitrogen and oxygen atoms in total. The molecule has 1 aliphatic carbocycles. The number of unbranched alkanes of at least 4 members (excludes halogenated alkanes) is 1. The molecule has 2 N–H and O–H groups in total. The van der Waals surface area contributed by atoms with Gasteiger partial charge in [0.2, 0.25) is 0 Å². The van der Waals surface area contributed by atoms with Crippen LogP contribution in [0.5, 0.6) is 0 Å². The van der Waals surface area contributed by atoms with E-state index in [1.165, 1.54) is 57.8 Å². The molecule has 0 radical (unpaired) electrons. The predicted octanol–water partition coefficient (Wildman–Crippen LogP) is 3.49. The molecule has 0 aromatic carbocycles. The molecule has 0 spiro atoms. The van der Waals surface area contributed by atoms with Gasteiger partial charge in [0, 0.05) is 24.6 Å². The molecule has 0 amide bonds. The first-order valence-corrected chi connectivity index (χ1v) is 7.60. The van der Waals surface area contributed by atoms with Crippen molar-refractivity contribution in [3.63, 3.8) is 0 Å². The van der Waals surface area contributed by atoms with Gasteiger partial charge in [-0.2, -0.15) is 0 Å². The average Bonchev–Trinajstić information content (AvgIpc) is 2.40. The Balaban J connectivity index is 2.34. The molecule has 0 heterocycles. The molecule has 1 saturated carbocycles. The molecular formula is C15H31NO. The van der Waals surface area contributed by atoms with Gasteiger partial charge in [-0.05, 0) is 25.7 Å². The highest BCUT2D eigenvalue weighted by Crippen LogP contribution is 2.35. The fourth-order valence-corrected chi connectivity index (χ4v) is 2.95. The number of aliphatic hydroxyl groups excluding tert-OH is 1. The summed E-state index contributed by atoms with van der Waals surface area (Å²) in [6.07, 6.45) is 11.5. The van der Waals surface area contributed by atoms with Gasteiger partial charge in [0.1, 0.15) is 0 Å². The average molecular weight is 241 g/mol. The highest BCUT2D eigenvalue weighted by Gasteiger charge is 2.31. The lowest BCUT2D eigenvalue weighted by Gasteiger charge is -2.37. The molecular weight excluding hydrogens is 210 g/mol. The van der Waals surface area contributed by atoms with Crippen molar-refractivity contribution in [2.45, 2.75) is 77.7 Å². The van der Waals surface area contributed by atoms with Gasteiger partial charge < -0.3 is 10.4 Å². The van der Waals surface area contributed by atoms with Gasteiger partial charge in [0.25, 0.3) is 0 Å². The van der Waals surface area contributed by atoms with Crippen molar-refractivity contribution in [3.05, 3.63) is 0 Å². The zero-order valence-corrected chi connectivity index (χ0v) is 11.8. The second kappa shape index (κ2) is 8.10. The molecule has 1 rings (SSSR count). The lowest BCUT2D eigenvalue weighted by Crippen LogP contribution is -2.43. The summed E-state index contributed by atoms with van der Waals surface area (Å²) in [6, 6.07) is 0.653. The summed E-state index contributed by atoms with van der Waals surface area (Å²) in [5.74, 6) is 0. The third-order valence-corrected chi connectivity index (χ3v) is 4.41. The van der Waals surface area contributed by atoms with E-state index in [9.17, 15) is 5.11 Å². The second-order valence-electron chi connectivity index (χ2n) is 5.85. The molecule has 102 valence electrons. The second-order valence-corrected chi connectivity index (χ2v) is 5.85. The van der Waals surface area contributed by atoms with E-state index in [0.29, 0.717) is 12.6 Å². The number of hydrogen-bond acceptors (Lipinski definition) is 2. The Morgan fingerprint density at radius 3 is 2.41 bits per heavy atom. The molecule has 2 heteroatoms. The molecule has 1 fully saturated rings. The lowest BCUT2D eigenvalue weighted by atomic mass is 9.74. The largest absolute Gasteiger partial charge is 0.396 e. The maximum atomic E-state index is 9.66. The Hall–Kier alpha value is -0.0800. The molecule has 17 heavy (non-hydrogen) atoms. The number of hydrogen-bond donors (Lipinski definition) is 2. The van der Waals surface area contributed by atoms with E-state index >= 15 is 0 Å². The first-order chi connectivity index (χ1) is 8.26. The van der Waals surface area contributed by atoms with Crippen LogP contribution in [0.2, 0.25) is 0 Å². The van der Waals surface area contributed by atoms with Crippen LogP contribution in [-0.4, -0.2) is 24.3 Å². The maximum Gasteiger partial charge on any atom is 0.0499 e. The third kappa shape index (κ3) is 4.97. The van der Waals surface area contributed by atoms with Crippen LogP contribution in [0.15, 0.2) is 0 Å². The van der Waals surface area contributed by atoms with Crippen molar-refractivity contribution in [2.24, 2.45) is 5.41 Å². The fraction of sp³-hybridized carbons (Fsp3) is 1.00. The monoisotopic (exact) mass is 241 g/mol. The summed E-state index contributed by atoms with van der Waals surface area (Å²) in [5, 5.41) is 13.4. The van der Waals surface area contributed by atoms with Crippen molar-refractivity contribution < 1.29 is 5.11 Å². The van der Waals surface area contributed by atoms with Gasteiger partial charge >= 0.3 is 0 Å². The minimum Gasteiger partial charge on any atom is -0.396 e. The molecule has 0 saturated heterocycles. The summed E-state index contributed by atoms with van der Waals surface area (Å²) in [4.78, 5) is 0. The third-order valence-electron chi connectivity index (χ3n) is 4.41. The number of nitrogens with one attached hydrogen (secondary N) is 1. The molecule has 0 aromatic heterocycles. The van der Waals surface area contributed by atoms with Crippen LogP contribution in [0.3, 0.4) is 0 Å². The van der Waals surface area contributed by atoms with Crippen molar-refractivity contribution in [2.75, 3.05) is 13.2 Å². The highest BCUT2D eigenvalue weighted by atomic mass is 16.3. The van der Waals surface area contributed by atoms with Crippen molar-refractivity contribution >= 4 is 0 Å². The normalized spacial score (nSPS) is 21.4. The number of rotatable bonds is 8. The van der Waals surface area contributed by atoms with Crippen LogP contribution in [0, 0.1) is 5.41 Å². The summed E-state index contributed by atoms with van der Waals surface area (Å²) in [7, 11) is 0.